The van der Waals surface area contributed by atoms with E-state index in [0.29, 0.717) is 0 Å². The molecule has 0 aromatic carbocycles. The molecule has 1 aromatic rings. The molecule has 4 nitrogen and oxygen atoms in total. The number of ether oxygens (including phenoxy) is 2. The molecule has 0 aliphatic rings. The summed E-state index contributed by atoms with van der Waals surface area (Å²) in [6, 6.07) is 1.24. The summed E-state index contributed by atoms with van der Waals surface area (Å²) in [6.45, 7) is -0.801. The Hall–Kier alpha value is -1.43. The van der Waals surface area contributed by atoms with Gasteiger partial charge in [0.05, 0.1) is 12.7 Å². The Kier molecular flexibility index (Phi) is 4.42. The van der Waals surface area contributed by atoms with Gasteiger partial charge in [-0.25, -0.2) is 18.6 Å². The van der Waals surface area contributed by atoms with Crippen LogP contribution in [-0.4, -0.2) is 31.1 Å². The maximum atomic E-state index is 11.8. The Morgan fingerprint density at radius 2 is 2.31 bits per heavy atom. The fourth-order valence-electron chi connectivity index (χ4n) is 0.903. The number of rotatable bonds is 4. The first-order chi connectivity index (χ1) is 7.54. The summed E-state index contributed by atoms with van der Waals surface area (Å²) in [6.07, 6.45) is -1.48. The molecule has 0 fully saturated rings. The van der Waals surface area contributed by atoms with Crippen molar-refractivity contribution in [1.29, 1.82) is 0 Å². The average Bonchev–Trinajstić information content (AvgIpc) is 2.26. The summed E-state index contributed by atoms with van der Waals surface area (Å²) in [5.41, 5.74) is 0.122. The van der Waals surface area contributed by atoms with E-state index in [1.807, 2.05) is 0 Å². The fourth-order valence-corrected chi connectivity index (χ4v) is 1.12. The van der Waals surface area contributed by atoms with Crippen molar-refractivity contribution in [3.63, 3.8) is 0 Å². The molecule has 0 atom stereocenters. The normalized spacial score (nSPS) is 10.3. The Labute approximate surface area is 95.1 Å². The zero-order valence-corrected chi connectivity index (χ0v) is 9.00. The second-order valence-corrected chi connectivity index (χ2v) is 3.11. The molecule has 0 spiro atoms. The Morgan fingerprint density at radius 3 is 2.81 bits per heavy atom. The molecular weight excluding hydrogens is 244 g/mol. The van der Waals surface area contributed by atoms with E-state index < -0.39 is 19.0 Å². The molecule has 1 rings (SSSR count). The van der Waals surface area contributed by atoms with Crippen LogP contribution in [0.15, 0.2) is 12.3 Å². The summed E-state index contributed by atoms with van der Waals surface area (Å²) in [5, 5.41) is -0.0245. The number of halogens is 3. The molecule has 0 N–H and O–H groups in total. The number of aromatic nitrogens is 1. The van der Waals surface area contributed by atoms with Crippen LogP contribution in [0.4, 0.5) is 8.78 Å². The highest BCUT2D eigenvalue weighted by Crippen LogP contribution is 2.23. The van der Waals surface area contributed by atoms with Gasteiger partial charge in [-0.2, -0.15) is 0 Å². The third-order valence-corrected chi connectivity index (χ3v) is 1.85. The van der Waals surface area contributed by atoms with Crippen molar-refractivity contribution >= 4 is 17.6 Å². The number of hydrogen-bond acceptors (Lipinski definition) is 4. The van der Waals surface area contributed by atoms with Gasteiger partial charge in [0.1, 0.15) is 5.02 Å². The predicted molar refractivity (Wildman–Crippen MR) is 52.1 cm³/mol. The third kappa shape index (κ3) is 3.30. The summed E-state index contributed by atoms with van der Waals surface area (Å²) in [7, 11) is 1.21. The van der Waals surface area contributed by atoms with Crippen molar-refractivity contribution in [1.82, 2.24) is 4.98 Å². The quantitative estimate of drug-likeness (QED) is 0.770. The highest BCUT2D eigenvalue weighted by molar-refractivity contribution is 6.32. The molecular formula is C9H8ClF2NO3. The van der Waals surface area contributed by atoms with Gasteiger partial charge in [0, 0.05) is 6.20 Å². The van der Waals surface area contributed by atoms with Gasteiger partial charge < -0.3 is 9.47 Å². The summed E-state index contributed by atoms with van der Waals surface area (Å²) < 4.78 is 32.7. The van der Waals surface area contributed by atoms with Crippen LogP contribution in [0.25, 0.3) is 0 Å². The second kappa shape index (κ2) is 5.60. The monoisotopic (exact) mass is 251 g/mol. The van der Waals surface area contributed by atoms with Crippen molar-refractivity contribution in [2.24, 2.45) is 0 Å². The molecule has 0 aliphatic carbocycles. The van der Waals surface area contributed by atoms with Crippen molar-refractivity contribution in [2.45, 2.75) is 6.43 Å². The van der Waals surface area contributed by atoms with E-state index in [1.54, 1.807) is 0 Å². The molecule has 0 bridgehead atoms. The molecule has 88 valence electrons. The largest absolute Gasteiger partial charge is 0.471 e. The second-order valence-electron chi connectivity index (χ2n) is 2.70. The molecule has 0 saturated carbocycles. The number of hydrogen-bond donors (Lipinski definition) is 0. The Balaban J connectivity index is 2.79. The first-order valence-electron chi connectivity index (χ1n) is 4.19. The standard InChI is InChI=1S/C9H8ClF2NO3/c1-15-9(14)5-2-6(10)8(13-3-5)16-4-7(11)12/h2-3,7H,4H2,1H3. The van der Waals surface area contributed by atoms with Gasteiger partial charge in [0.2, 0.25) is 5.88 Å². The third-order valence-electron chi connectivity index (χ3n) is 1.57. The van der Waals surface area contributed by atoms with Crippen LogP contribution in [0, 0.1) is 0 Å². The molecule has 16 heavy (non-hydrogen) atoms. The average molecular weight is 252 g/mol. The highest BCUT2D eigenvalue weighted by atomic mass is 35.5. The molecule has 1 heterocycles. The van der Waals surface area contributed by atoms with E-state index in [9.17, 15) is 13.6 Å². The van der Waals surface area contributed by atoms with Crippen LogP contribution in [-0.2, 0) is 4.74 Å². The lowest BCUT2D eigenvalue weighted by Crippen LogP contribution is -2.09. The number of nitrogens with zero attached hydrogens (tertiary/aromatic N) is 1. The van der Waals surface area contributed by atoms with E-state index in [-0.39, 0.29) is 16.5 Å². The lowest BCUT2D eigenvalue weighted by atomic mass is 10.3. The number of methoxy groups -OCH3 is 1. The number of pyridine rings is 1. The van der Waals surface area contributed by atoms with Gasteiger partial charge in [-0.15, -0.1) is 0 Å². The molecule has 0 saturated heterocycles. The van der Waals surface area contributed by atoms with Crippen molar-refractivity contribution in [3.8, 4) is 5.88 Å². The first kappa shape index (κ1) is 12.6. The van der Waals surface area contributed by atoms with Crippen LogP contribution in [0.1, 0.15) is 10.4 Å². The predicted octanol–water partition coefficient (Wildman–Crippen LogP) is 2.17. The zero-order chi connectivity index (χ0) is 12.1. The minimum Gasteiger partial charge on any atom is -0.471 e. The minimum atomic E-state index is -2.61. The molecule has 0 amide bonds. The molecule has 0 aliphatic heterocycles. The number of carbonyl (C=O) groups is 1. The topological polar surface area (TPSA) is 48.4 Å². The molecule has 7 heteroatoms. The van der Waals surface area contributed by atoms with Gasteiger partial charge in [-0.1, -0.05) is 11.6 Å². The van der Waals surface area contributed by atoms with Crippen LogP contribution < -0.4 is 4.74 Å². The fraction of sp³-hybridized carbons (Fsp3) is 0.333. The van der Waals surface area contributed by atoms with Gasteiger partial charge >= 0.3 is 5.97 Å². The SMILES string of the molecule is COC(=O)c1cnc(OCC(F)F)c(Cl)c1. The Morgan fingerprint density at radius 1 is 1.62 bits per heavy atom. The number of alkyl halides is 2. The highest BCUT2D eigenvalue weighted by Gasteiger charge is 2.12. The molecule has 0 radical (unpaired) electrons. The minimum absolute atomic E-state index is 0.0245. The van der Waals surface area contributed by atoms with Crippen molar-refractivity contribution < 1.29 is 23.0 Å². The molecule has 1 aromatic heterocycles. The Bertz CT molecular complexity index is 387. The molecule has 0 unspecified atom stereocenters. The van der Waals surface area contributed by atoms with Crippen molar-refractivity contribution in [2.75, 3.05) is 13.7 Å². The van der Waals surface area contributed by atoms with Gasteiger partial charge in [0.15, 0.2) is 6.61 Å². The number of esters is 1. The lowest BCUT2D eigenvalue weighted by Gasteiger charge is -2.06. The van der Waals surface area contributed by atoms with Crippen molar-refractivity contribution in [3.05, 3.63) is 22.8 Å². The van der Waals surface area contributed by atoms with E-state index in [4.69, 9.17) is 11.6 Å². The summed E-state index contributed by atoms with van der Waals surface area (Å²) in [4.78, 5) is 14.7. The summed E-state index contributed by atoms with van der Waals surface area (Å²) >= 11 is 5.67. The maximum absolute atomic E-state index is 11.8. The van der Waals surface area contributed by atoms with Gasteiger partial charge in [-0.3, -0.25) is 0 Å². The summed E-state index contributed by atoms with van der Waals surface area (Å²) in [5.74, 6) is -0.760. The zero-order valence-electron chi connectivity index (χ0n) is 8.25. The van der Waals surface area contributed by atoms with E-state index in [2.05, 4.69) is 14.5 Å². The van der Waals surface area contributed by atoms with E-state index in [1.165, 1.54) is 13.2 Å². The smallest absolute Gasteiger partial charge is 0.339 e. The maximum Gasteiger partial charge on any atom is 0.339 e. The van der Waals surface area contributed by atoms with Crippen LogP contribution >= 0.6 is 11.6 Å². The van der Waals surface area contributed by atoms with Crippen LogP contribution in [0.2, 0.25) is 5.02 Å². The van der Waals surface area contributed by atoms with E-state index in [0.717, 1.165) is 6.20 Å². The first-order valence-corrected chi connectivity index (χ1v) is 4.57. The van der Waals surface area contributed by atoms with Gasteiger partial charge in [-0.05, 0) is 6.07 Å². The number of carbonyl (C=O) groups excluding carboxylic acids is 1. The van der Waals surface area contributed by atoms with Crippen LogP contribution in [0.5, 0.6) is 5.88 Å². The van der Waals surface area contributed by atoms with E-state index >= 15 is 0 Å². The van der Waals surface area contributed by atoms with Gasteiger partial charge in [0.25, 0.3) is 6.43 Å². The lowest BCUT2D eigenvalue weighted by molar-refractivity contribution is 0.0599. The van der Waals surface area contributed by atoms with Crippen LogP contribution in [0.3, 0.4) is 0 Å².